The van der Waals surface area contributed by atoms with Gasteiger partial charge in [0.1, 0.15) is 5.41 Å². The Balaban J connectivity index is 3.11. The number of hydrogen-bond acceptors (Lipinski definition) is 3. The summed E-state index contributed by atoms with van der Waals surface area (Å²) >= 11 is 0. The maximum atomic E-state index is 12.0. The summed E-state index contributed by atoms with van der Waals surface area (Å²) in [6, 6.07) is -0.487. The van der Waals surface area contributed by atoms with Crippen molar-refractivity contribution < 1.29 is 14.4 Å². The van der Waals surface area contributed by atoms with E-state index in [-0.39, 0.29) is 0 Å². The summed E-state index contributed by atoms with van der Waals surface area (Å²) in [5, 5.41) is 0. The van der Waals surface area contributed by atoms with E-state index < -0.39 is 23.3 Å². The Hall–Kier alpha value is -1.39. The van der Waals surface area contributed by atoms with Gasteiger partial charge in [0.2, 0.25) is 11.8 Å². The predicted molar refractivity (Wildman–Crippen MR) is 58.6 cm³/mol. The van der Waals surface area contributed by atoms with Crippen LogP contribution in [-0.4, -0.2) is 40.7 Å². The summed E-state index contributed by atoms with van der Waals surface area (Å²) in [6.45, 7) is 7.41. The van der Waals surface area contributed by atoms with Gasteiger partial charge in [-0.05, 0) is 27.2 Å². The normalized spacial score (nSPS) is 20.6. The number of nitrogens with zero attached hydrogens (tertiary/aromatic N) is 2. The second-order valence-electron chi connectivity index (χ2n) is 4.41. The number of imide groups is 2. The van der Waals surface area contributed by atoms with Crippen LogP contribution in [0.25, 0.3) is 0 Å². The summed E-state index contributed by atoms with van der Waals surface area (Å²) in [4.78, 5) is 38.1. The van der Waals surface area contributed by atoms with Gasteiger partial charge in [0, 0.05) is 13.1 Å². The van der Waals surface area contributed by atoms with Gasteiger partial charge in [0.05, 0.1) is 0 Å². The summed E-state index contributed by atoms with van der Waals surface area (Å²) in [6.07, 6.45) is 0.694. The van der Waals surface area contributed by atoms with Gasteiger partial charge in [0.25, 0.3) is 0 Å². The Morgan fingerprint density at radius 2 is 1.50 bits per heavy atom. The van der Waals surface area contributed by atoms with Crippen LogP contribution >= 0.6 is 0 Å². The molecule has 16 heavy (non-hydrogen) atoms. The Bertz CT molecular complexity index is 336. The van der Waals surface area contributed by atoms with Gasteiger partial charge < -0.3 is 0 Å². The standard InChI is InChI=1S/C11H18N2O3/c1-5-7-13-9(15)11(3,4)8(14)12(6-2)10(13)16/h5-7H2,1-4H3. The second kappa shape index (κ2) is 4.23. The molecule has 0 N–H and O–H groups in total. The highest BCUT2D eigenvalue weighted by Crippen LogP contribution is 2.28. The molecule has 1 rings (SSSR count). The lowest BCUT2D eigenvalue weighted by Gasteiger charge is -2.40. The van der Waals surface area contributed by atoms with E-state index in [4.69, 9.17) is 0 Å². The van der Waals surface area contributed by atoms with Crippen molar-refractivity contribution in [3.63, 3.8) is 0 Å². The lowest BCUT2D eigenvalue weighted by atomic mass is 9.87. The van der Waals surface area contributed by atoms with E-state index in [2.05, 4.69) is 0 Å². The highest BCUT2D eigenvalue weighted by Gasteiger charge is 2.50. The molecular formula is C11H18N2O3. The molecule has 0 aromatic heterocycles. The molecule has 4 amide bonds. The third kappa shape index (κ3) is 1.70. The van der Waals surface area contributed by atoms with E-state index in [0.717, 1.165) is 4.90 Å². The first kappa shape index (κ1) is 12.7. The van der Waals surface area contributed by atoms with Crippen LogP contribution in [0.4, 0.5) is 4.79 Å². The smallest absolute Gasteiger partial charge is 0.273 e. The molecule has 5 nitrogen and oxygen atoms in total. The second-order valence-corrected chi connectivity index (χ2v) is 4.41. The topological polar surface area (TPSA) is 57.7 Å². The molecule has 0 atom stereocenters. The van der Waals surface area contributed by atoms with Gasteiger partial charge >= 0.3 is 6.03 Å². The van der Waals surface area contributed by atoms with Crippen molar-refractivity contribution in [2.24, 2.45) is 5.41 Å². The number of amides is 4. The van der Waals surface area contributed by atoms with Gasteiger partial charge in [-0.15, -0.1) is 0 Å². The van der Waals surface area contributed by atoms with E-state index in [1.165, 1.54) is 4.90 Å². The van der Waals surface area contributed by atoms with Crippen LogP contribution in [0.3, 0.4) is 0 Å². The summed E-state index contributed by atoms with van der Waals surface area (Å²) in [5.74, 6) is -0.800. The van der Waals surface area contributed by atoms with Crippen LogP contribution in [0.5, 0.6) is 0 Å². The monoisotopic (exact) mass is 226 g/mol. The minimum atomic E-state index is -1.13. The molecule has 1 saturated heterocycles. The minimum Gasteiger partial charge on any atom is -0.273 e. The van der Waals surface area contributed by atoms with Crippen LogP contribution in [0.1, 0.15) is 34.1 Å². The lowest BCUT2D eigenvalue weighted by molar-refractivity contribution is -0.156. The quantitative estimate of drug-likeness (QED) is 0.680. The molecule has 0 aromatic rings. The van der Waals surface area contributed by atoms with E-state index in [9.17, 15) is 14.4 Å². The van der Waals surface area contributed by atoms with Gasteiger partial charge in [-0.1, -0.05) is 6.92 Å². The molecule has 5 heteroatoms. The minimum absolute atomic E-state index is 0.300. The third-order valence-corrected chi connectivity index (χ3v) is 2.78. The number of carbonyl (C=O) groups excluding carboxylic acids is 3. The maximum absolute atomic E-state index is 12.0. The van der Waals surface area contributed by atoms with E-state index in [1.807, 2.05) is 6.92 Å². The van der Waals surface area contributed by atoms with Crippen molar-refractivity contribution in [3.05, 3.63) is 0 Å². The molecule has 0 aliphatic carbocycles. The number of barbiturate groups is 1. The molecule has 0 unspecified atom stereocenters. The van der Waals surface area contributed by atoms with Crippen molar-refractivity contribution in [1.29, 1.82) is 0 Å². The fourth-order valence-electron chi connectivity index (χ4n) is 1.79. The average molecular weight is 226 g/mol. The molecule has 1 heterocycles. The highest BCUT2D eigenvalue weighted by atomic mass is 16.2. The summed E-state index contributed by atoms with van der Waals surface area (Å²) < 4.78 is 0. The SMILES string of the molecule is CCCN1C(=O)N(CC)C(=O)C(C)(C)C1=O. The zero-order valence-corrected chi connectivity index (χ0v) is 10.2. The van der Waals surface area contributed by atoms with Gasteiger partial charge in [-0.3, -0.25) is 19.4 Å². The zero-order valence-electron chi connectivity index (χ0n) is 10.2. The summed E-state index contributed by atoms with van der Waals surface area (Å²) in [7, 11) is 0. The van der Waals surface area contributed by atoms with Crippen LogP contribution in [-0.2, 0) is 9.59 Å². The Morgan fingerprint density at radius 1 is 1.00 bits per heavy atom. The number of carbonyl (C=O) groups is 3. The van der Waals surface area contributed by atoms with Crippen LogP contribution < -0.4 is 0 Å². The van der Waals surface area contributed by atoms with Crippen molar-refractivity contribution in [2.75, 3.05) is 13.1 Å². The maximum Gasteiger partial charge on any atom is 0.333 e. The van der Waals surface area contributed by atoms with E-state index in [0.29, 0.717) is 19.5 Å². The van der Waals surface area contributed by atoms with Crippen molar-refractivity contribution in [3.8, 4) is 0 Å². The fourth-order valence-corrected chi connectivity index (χ4v) is 1.79. The molecule has 1 aliphatic rings. The Labute approximate surface area is 95.4 Å². The largest absolute Gasteiger partial charge is 0.333 e. The van der Waals surface area contributed by atoms with Crippen molar-refractivity contribution in [2.45, 2.75) is 34.1 Å². The number of urea groups is 1. The van der Waals surface area contributed by atoms with Crippen molar-refractivity contribution in [1.82, 2.24) is 9.80 Å². The number of hydrogen-bond donors (Lipinski definition) is 0. The molecule has 0 bridgehead atoms. The van der Waals surface area contributed by atoms with Gasteiger partial charge in [0.15, 0.2) is 0 Å². The molecule has 90 valence electrons. The summed E-state index contributed by atoms with van der Waals surface area (Å²) in [5.41, 5.74) is -1.13. The first-order chi connectivity index (χ1) is 7.37. The fraction of sp³-hybridized carbons (Fsp3) is 0.727. The molecule has 0 saturated carbocycles. The lowest BCUT2D eigenvalue weighted by Crippen LogP contribution is -2.63. The first-order valence-corrected chi connectivity index (χ1v) is 5.55. The van der Waals surface area contributed by atoms with Gasteiger partial charge in [-0.2, -0.15) is 0 Å². The molecule has 0 radical (unpaired) electrons. The molecule has 1 aliphatic heterocycles. The Kier molecular flexibility index (Phi) is 3.35. The molecular weight excluding hydrogens is 208 g/mol. The number of rotatable bonds is 3. The highest BCUT2D eigenvalue weighted by molar-refractivity contribution is 6.18. The third-order valence-electron chi connectivity index (χ3n) is 2.78. The predicted octanol–water partition coefficient (Wildman–Crippen LogP) is 1.23. The van der Waals surface area contributed by atoms with Crippen LogP contribution in [0.15, 0.2) is 0 Å². The average Bonchev–Trinajstić information content (AvgIpc) is 2.23. The van der Waals surface area contributed by atoms with E-state index >= 15 is 0 Å². The van der Waals surface area contributed by atoms with Gasteiger partial charge in [-0.25, -0.2) is 4.79 Å². The van der Waals surface area contributed by atoms with Crippen molar-refractivity contribution >= 4 is 17.8 Å². The van der Waals surface area contributed by atoms with E-state index in [1.54, 1.807) is 20.8 Å². The van der Waals surface area contributed by atoms with Crippen LogP contribution in [0.2, 0.25) is 0 Å². The molecule has 0 spiro atoms. The van der Waals surface area contributed by atoms with Crippen LogP contribution in [0, 0.1) is 5.41 Å². The molecule has 0 aromatic carbocycles. The first-order valence-electron chi connectivity index (χ1n) is 5.55. The zero-order chi connectivity index (χ0) is 12.5. The molecule has 1 fully saturated rings. The Morgan fingerprint density at radius 3 is 1.94 bits per heavy atom.